The molecule has 0 spiro atoms. The van der Waals surface area contributed by atoms with Crippen LogP contribution in [-0.2, 0) is 9.59 Å². The van der Waals surface area contributed by atoms with Crippen LogP contribution in [0.2, 0.25) is 5.02 Å². The van der Waals surface area contributed by atoms with Crippen LogP contribution in [0.25, 0.3) is 0 Å². The molecule has 4 heterocycles. The molecule has 3 fully saturated rings. The number of hydrogen-bond acceptors (Lipinski definition) is 12. The number of fused-ring (bicyclic) bond motifs is 1. The first-order valence-electron chi connectivity index (χ1n) is 20.4. The predicted octanol–water partition coefficient (Wildman–Crippen LogP) is 4.35. The third-order valence-corrected chi connectivity index (χ3v) is 12.7. The van der Waals surface area contributed by atoms with E-state index in [0.29, 0.717) is 40.9 Å². The van der Waals surface area contributed by atoms with E-state index in [1.165, 1.54) is 12.1 Å². The zero-order chi connectivity index (χ0) is 42.9. The number of rotatable bonds is 14. The first-order chi connectivity index (χ1) is 28.6. The van der Waals surface area contributed by atoms with Gasteiger partial charge in [-0.15, -0.1) is 0 Å². The number of aliphatic hydroxyl groups is 1. The Kier molecular flexibility index (Phi) is 12.2. The van der Waals surface area contributed by atoms with Gasteiger partial charge in [-0.3, -0.25) is 39.1 Å². The highest BCUT2D eigenvalue weighted by Crippen LogP contribution is 2.55. The van der Waals surface area contributed by atoms with Crippen LogP contribution in [0.3, 0.4) is 0 Å². The highest BCUT2D eigenvalue weighted by Gasteiger charge is 2.64. The average molecular weight is 840 g/mol. The molecule has 1 saturated carbocycles. The van der Waals surface area contributed by atoms with E-state index in [4.69, 9.17) is 21.1 Å². The first kappa shape index (κ1) is 42.6. The lowest BCUT2D eigenvalue weighted by Gasteiger charge is -2.63. The monoisotopic (exact) mass is 839 g/mol. The third kappa shape index (κ3) is 8.28. The molecular weight excluding hydrogens is 790 g/mol. The van der Waals surface area contributed by atoms with E-state index in [2.05, 4.69) is 59.2 Å². The normalized spacial score (nSPS) is 23.4. The van der Waals surface area contributed by atoms with Gasteiger partial charge in [0.05, 0.1) is 52.9 Å². The fraction of sp³-hybridized carbons (Fsp3) is 0.477. The number of aliphatic hydroxyl groups excluding tert-OH is 1. The van der Waals surface area contributed by atoms with Crippen LogP contribution in [0.4, 0.5) is 5.69 Å². The minimum atomic E-state index is -1.02. The van der Waals surface area contributed by atoms with Crippen molar-refractivity contribution in [2.45, 2.75) is 84.0 Å². The Bertz CT molecular complexity index is 2210. The maximum absolute atomic E-state index is 13.4. The number of nitriles is 1. The van der Waals surface area contributed by atoms with E-state index in [1.54, 1.807) is 36.5 Å². The summed E-state index contributed by atoms with van der Waals surface area (Å²) in [6, 6.07) is 14.1. The Balaban J connectivity index is 0.839. The molecule has 15 nitrogen and oxygen atoms in total. The number of nitrogens with one attached hydrogen (secondary N) is 2. The summed E-state index contributed by atoms with van der Waals surface area (Å²) in [7, 11) is 0. The number of imide groups is 2. The molecule has 60 heavy (non-hydrogen) atoms. The second-order valence-electron chi connectivity index (χ2n) is 17.1. The van der Waals surface area contributed by atoms with E-state index < -0.39 is 40.5 Å². The lowest BCUT2D eigenvalue weighted by atomic mass is 9.49. The van der Waals surface area contributed by atoms with Gasteiger partial charge in [-0.1, -0.05) is 39.3 Å². The number of aromatic nitrogens is 1. The Morgan fingerprint density at radius 2 is 1.73 bits per heavy atom. The molecule has 1 aliphatic carbocycles. The van der Waals surface area contributed by atoms with Crippen LogP contribution in [0.1, 0.15) is 96.6 Å². The second-order valence-corrected chi connectivity index (χ2v) is 17.5. The topological polar surface area (TPSA) is 194 Å². The number of anilines is 1. The van der Waals surface area contributed by atoms with Crippen LogP contribution in [0, 0.1) is 22.2 Å². The number of unbranched alkanes of at least 4 members (excludes halogenated alkanes) is 2. The van der Waals surface area contributed by atoms with Gasteiger partial charge in [0.2, 0.25) is 11.8 Å². The average Bonchev–Trinajstić information content (AvgIpc) is 3.47. The van der Waals surface area contributed by atoms with Crippen molar-refractivity contribution in [1.82, 2.24) is 25.4 Å². The Morgan fingerprint density at radius 3 is 2.42 bits per heavy atom. The van der Waals surface area contributed by atoms with Crippen LogP contribution in [-0.4, -0.2) is 113 Å². The van der Waals surface area contributed by atoms with Gasteiger partial charge in [0.1, 0.15) is 35.4 Å². The molecule has 0 radical (unpaired) electrons. The highest BCUT2D eigenvalue weighted by atomic mass is 35.5. The van der Waals surface area contributed by atoms with Gasteiger partial charge in [0.15, 0.2) is 0 Å². The summed E-state index contributed by atoms with van der Waals surface area (Å²) in [6.45, 7) is 11.5. The van der Waals surface area contributed by atoms with Crippen molar-refractivity contribution in [3.05, 3.63) is 82.1 Å². The number of hydrogen-bond donors (Lipinski definition) is 3. The zero-order valence-corrected chi connectivity index (χ0v) is 35.0. The summed E-state index contributed by atoms with van der Waals surface area (Å²) < 4.78 is 12.3. The summed E-state index contributed by atoms with van der Waals surface area (Å²) in [5.74, 6) is -1.44. The van der Waals surface area contributed by atoms with Crippen molar-refractivity contribution in [3.8, 4) is 17.6 Å². The van der Waals surface area contributed by atoms with E-state index in [0.717, 1.165) is 49.5 Å². The second kappa shape index (κ2) is 17.2. The van der Waals surface area contributed by atoms with Crippen molar-refractivity contribution in [2.75, 3.05) is 44.3 Å². The fourth-order valence-corrected chi connectivity index (χ4v) is 9.64. The van der Waals surface area contributed by atoms with Crippen LogP contribution >= 0.6 is 11.6 Å². The summed E-state index contributed by atoms with van der Waals surface area (Å²) >= 11 is 6.24. The van der Waals surface area contributed by atoms with E-state index in [-0.39, 0.29) is 54.7 Å². The summed E-state index contributed by atoms with van der Waals surface area (Å²) in [5.41, 5.74) is 1.14. The fourth-order valence-electron chi connectivity index (χ4n) is 9.43. The molecule has 5 amide bonds. The zero-order valence-electron chi connectivity index (χ0n) is 34.2. The van der Waals surface area contributed by atoms with Crippen molar-refractivity contribution in [3.63, 3.8) is 0 Å². The molecule has 0 bridgehead atoms. The van der Waals surface area contributed by atoms with Gasteiger partial charge in [-0.05, 0) is 74.7 Å². The number of benzene rings is 2. The molecular formula is C44H50ClN7O8. The molecule has 2 aromatic carbocycles. The molecule has 316 valence electrons. The van der Waals surface area contributed by atoms with Gasteiger partial charge < -0.3 is 24.8 Å². The Hall–Kier alpha value is -5.56. The lowest BCUT2D eigenvalue weighted by molar-refractivity contribution is -0.164. The summed E-state index contributed by atoms with van der Waals surface area (Å²) in [6.07, 6.45) is 4.18. The number of piperidine rings is 1. The van der Waals surface area contributed by atoms with E-state index in [9.17, 15) is 34.3 Å². The number of carbonyl (C=O) groups excluding carboxylic acids is 5. The van der Waals surface area contributed by atoms with Gasteiger partial charge in [-0.2, -0.15) is 5.26 Å². The molecule has 3 N–H and O–H groups in total. The van der Waals surface area contributed by atoms with Crippen molar-refractivity contribution < 1.29 is 38.6 Å². The molecule has 3 aromatic rings. The predicted molar refractivity (Wildman–Crippen MR) is 221 cm³/mol. The van der Waals surface area contributed by atoms with Crippen LogP contribution < -0.4 is 25.0 Å². The third-order valence-electron chi connectivity index (χ3n) is 12.4. The molecule has 2 atom stereocenters. The number of halogens is 1. The first-order valence-corrected chi connectivity index (χ1v) is 20.7. The largest absolute Gasteiger partial charge is 0.494 e. The number of nitrogens with zero attached hydrogens (tertiary/aromatic N) is 5. The minimum Gasteiger partial charge on any atom is -0.494 e. The Labute approximate surface area is 353 Å². The van der Waals surface area contributed by atoms with Gasteiger partial charge in [0.25, 0.3) is 17.7 Å². The number of piperazine rings is 1. The molecule has 2 saturated heterocycles. The van der Waals surface area contributed by atoms with E-state index in [1.807, 2.05) is 6.07 Å². The quantitative estimate of drug-likeness (QED) is 0.154. The molecule has 1 aromatic heterocycles. The van der Waals surface area contributed by atoms with Gasteiger partial charge >= 0.3 is 0 Å². The molecule has 16 heteroatoms. The molecule has 4 aliphatic rings. The minimum absolute atomic E-state index is 0.00391. The number of ether oxygens (including phenoxy) is 2. The smallest absolute Gasteiger partial charge is 0.270 e. The summed E-state index contributed by atoms with van der Waals surface area (Å²) in [5, 5.41) is 25.2. The number of amides is 5. The molecule has 3 aliphatic heterocycles. The number of pyridine rings is 1. The number of carbonyl (C=O) groups is 5. The van der Waals surface area contributed by atoms with Gasteiger partial charge in [-0.25, -0.2) is 4.98 Å². The van der Waals surface area contributed by atoms with E-state index >= 15 is 0 Å². The maximum Gasteiger partial charge on any atom is 0.270 e. The Morgan fingerprint density at radius 1 is 0.983 bits per heavy atom. The van der Waals surface area contributed by atoms with Gasteiger partial charge in [0, 0.05) is 49.0 Å². The standard InChI is InChI=1S/C44H50ClN7O8/c1-43(2)41(44(3,4)42(43)60-30-10-8-26(22-46)33(45)21-30)49-37(55)34-13-9-27(23-47-34)51-18-17-50(28(24-51)25-53)16-6-5-7-19-59-29-11-12-31-32(20-29)40(58)52(39(31)57)35-14-15-36(54)48-38(35)56/h8-13,20-21,23,28,35,41-42,53H,5-7,14-19,24-25H2,1-4H3,(H,49,55)(H,48,54,56)/t28-,35?,41?,42?/m0/s1. The lowest BCUT2D eigenvalue weighted by Crippen LogP contribution is -2.74. The van der Waals surface area contributed by atoms with Crippen molar-refractivity contribution >= 4 is 46.8 Å². The maximum atomic E-state index is 13.4. The van der Waals surface area contributed by atoms with Crippen molar-refractivity contribution in [2.24, 2.45) is 10.8 Å². The molecule has 1 unspecified atom stereocenters. The van der Waals surface area contributed by atoms with Crippen molar-refractivity contribution in [1.29, 1.82) is 5.26 Å². The SMILES string of the molecule is CC1(C)C(NC(=O)c2ccc(N3CCN(CCCCCOc4ccc5c(c4)C(=O)N(C4CCC(=O)NC4=O)C5=O)[C@H](CO)C3)cn2)C(C)(C)C1Oc1ccc(C#N)c(Cl)c1. The highest BCUT2D eigenvalue weighted by molar-refractivity contribution is 6.31. The summed E-state index contributed by atoms with van der Waals surface area (Å²) in [4.78, 5) is 73.3. The van der Waals surface area contributed by atoms with Crippen LogP contribution in [0.5, 0.6) is 11.5 Å². The van der Waals surface area contributed by atoms with Crippen LogP contribution in [0.15, 0.2) is 54.7 Å². The molecule has 7 rings (SSSR count).